The van der Waals surface area contributed by atoms with E-state index >= 15 is 0 Å². The first-order chi connectivity index (χ1) is 36.5. The molecule has 9 heteroatoms. The molecule has 0 aliphatic heterocycles. The smallest absolute Gasteiger partial charge is 0.387 e. The number of aliphatic hydroxyl groups excluding tert-OH is 1. The number of phosphoric acid groups is 1. The molecule has 0 aromatic rings. The van der Waals surface area contributed by atoms with Gasteiger partial charge in [0.2, 0.25) is 5.91 Å². The Balaban J connectivity index is 4.07. The van der Waals surface area contributed by atoms with Gasteiger partial charge in [-0.15, -0.1) is 0 Å². The van der Waals surface area contributed by atoms with Gasteiger partial charge in [0.15, 0.2) is 0 Å². The Kier molecular flexibility index (Phi) is 57.3. The van der Waals surface area contributed by atoms with Crippen LogP contribution < -0.4 is 5.32 Å². The Hall–Kier alpha value is -0.760. The monoisotopic (exact) mass is 1080 g/mol. The highest BCUT2D eigenvalue weighted by molar-refractivity contribution is 7.47. The van der Waals surface area contributed by atoms with Crippen molar-refractivity contribution in [3.05, 3.63) is 12.2 Å². The number of unbranched alkanes of at least 4 members (excludes halogenated alkanes) is 50. The molecule has 0 rings (SSSR count). The zero-order chi connectivity index (χ0) is 54.9. The number of carbonyl (C=O) groups excluding carboxylic acids is 1. The highest BCUT2D eigenvalue weighted by Crippen LogP contribution is 2.43. The molecule has 448 valence electrons. The summed E-state index contributed by atoms with van der Waals surface area (Å²) in [6.07, 6.45) is 73.5. The van der Waals surface area contributed by atoms with Crippen LogP contribution in [-0.2, 0) is 18.4 Å². The van der Waals surface area contributed by atoms with Crippen molar-refractivity contribution in [1.29, 1.82) is 0 Å². The summed E-state index contributed by atoms with van der Waals surface area (Å²) in [6, 6.07) is -0.843. The van der Waals surface area contributed by atoms with E-state index in [0.29, 0.717) is 17.4 Å². The summed E-state index contributed by atoms with van der Waals surface area (Å²) < 4.78 is 23.8. The molecule has 0 fully saturated rings. The first-order valence-electron chi connectivity index (χ1n) is 33.6. The number of aliphatic hydroxyl groups is 1. The van der Waals surface area contributed by atoms with Gasteiger partial charge >= 0.3 is 7.82 Å². The number of nitrogens with one attached hydrogen (secondary N) is 1. The van der Waals surface area contributed by atoms with Crippen LogP contribution in [0.4, 0.5) is 0 Å². The average Bonchev–Trinajstić information content (AvgIpc) is 3.37. The number of carbonyl (C=O) groups is 1. The van der Waals surface area contributed by atoms with E-state index < -0.39 is 20.0 Å². The Labute approximate surface area is 469 Å². The maximum atomic E-state index is 13.0. The van der Waals surface area contributed by atoms with Crippen molar-refractivity contribution in [2.45, 2.75) is 366 Å². The number of hydrogen-bond acceptors (Lipinski definition) is 5. The van der Waals surface area contributed by atoms with Gasteiger partial charge in [-0.2, -0.15) is 0 Å². The summed E-state index contributed by atoms with van der Waals surface area (Å²) >= 11 is 0. The minimum atomic E-state index is -4.35. The summed E-state index contributed by atoms with van der Waals surface area (Å²) in [7, 11) is 1.59. The van der Waals surface area contributed by atoms with Crippen LogP contribution in [0.3, 0.4) is 0 Å². The first kappa shape index (κ1) is 74.2. The van der Waals surface area contributed by atoms with Crippen molar-refractivity contribution in [3.8, 4) is 0 Å². The molecule has 0 radical (unpaired) electrons. The second kappa shape index (κ2) is 57.9. The molecule has 0 bridgehead atoms. The molecule has 0 aliphatic rings. The van der Waals surface area contributed by atoms with Crippen molar-refractivity contribution in [3.63, 3.8) is 0 Å². The van der Waals surface area contributed by atoms with Crippen LogP contribution in [0, 0.1) is 0 Å². The molecule has 0 heterocycles. The Morgan fingerprint density at radius 3 is 0.987 bits per heavy atom. The molecule has 8 nitrogen and oxygen atoms in total. The topological polar surface area (TPSA) is 105 Å². The standard InChI is InChI=1S/C66H133N2O6P/c1-6-8-10-12-14-16-18-20-22-24-26-28-30-32-33-34-36-37-39-41-43-45-47-49-51-53-55-57-59-65(69)64(63-74-75(71,72)73-62-61-68(3,4)5)67-66(70)60-58-56-54-52-50-48-46-44-42-40-38-35-31-29-27-25-23-21-19-17-15-13-11-9-7-2/h57,59,64-65,69H,6-56,58,60-63H2,1-5H3,(H-,67,70,71,72)/p+1/b59-57+. The largest absolute Gasteiger partial charge is 0.472 e. The molecule has 0 saturated carbocycles. The van der Waals surface area contributed by atoms with E-state index in [2.05, 4.69) is 19.2 Å². The highest BCUT2D eigenvalue weighted by atomic mass is 31.2. The van der Waals surface area contributed by atoms with E-state index in [1.165, 1.54) is 302 Å². The lowest BCUT2D eigenvalue weighted by molar-refractivity contribution is -0.870. The molecule has 0 aromatic heterocycles. The van der Waals surface area contributed by atoms with E-state index in [4.69, 9.17) is 9.05 Å². The summed E-state index contributed by atoms with van der Waals surface area (Å²) in [5.41, 5.74) is 0. The number of amides is 1. The van der Waals surface area contributed by atoms with Gasteiger partial charge in [-0.25, -0.2) is 4.57 Å². The lowest BCUT2D eigenvalue weighted by atomic mass is 10.0. The van der Waals surface area contributed by atoms with E-state index in [1.807, 2.05) is 27.2 Å². The molecular formula is C66H134N2O6P+. The van der Waals surface area contributed by atoms with Crippen molar-refractivity contribution in [2.24, 2.45) is 0 Å². The number of likely N-dealkylation sites (N-methyl/N-ethyl adjacent to an activating group) is 1. The van der Waals surface area contributed by atoms with Crippen LogP contribution in [0.5, 0.6) is 0 Å². The third-order valence-electron chi connectivity index (χ3n) is 15.8. The van der Waals surface area contributed by atoms with Crippen molar-refractivity contribution < 1.29 is 32.9 Å². The highest BCUT2D eigenvalue weighted by Gasteiger charge is 2.28. The Morgan fingerprint density at radius 2 is 0.707 bits per heavy atom. The predicted octanol–water partition coefficient (Wildman–Crippen LogP) is 20.9. The molecule has 0 aliphatic carbocycles. The maximum absolute atomic E-state index is 13.0. The maximum Gasteiger partial charge on any atom is 0.472 e. The number of allylic oxidation sites excluding steroid dienone is 1. The quantitative estimate of drug-likeness (QED) is 0.0243. The van der Waals surface area contributed by atoms with Gasteiger partial charge in [-0.1, -0.05) is 341 Å². The van der Waals surface area contributed by atoms with Crippen LogP contribution in [-0.4, -0.2) is 73.4 Å². The zero-order valence-corrected chi connectivity index (χ0v) is 52.2. The fourth-order valence-electron chi connectivity index (χ4n) is 10.5. The lowest BCUT2D eigenvalue weighted by Gasteiger charge is -2.25. The molecule has 3 unspecified atom stereocenters. The molecule has 0 saturated heterocycles. The summed E-state index contributed by atoms with van der Waals surface area (Å²) in [4.78, 5) is 23.4. The van der Waals surface area contributed by atoms with Gasteiger partial charge in [0.05, 0.1) is 39.9 Å². The zero-order valence-electron chi connectivity index (χ0n) is 51.3. The van der Waals surface area contributed by atoms with Crippen LogP contribution >= 0.6 is 7.82 Å². The Bertz CT molecular complexity index is 1230. The second-order valence-corrected chi connectivity index (χ2v) is 26.0. The third-order valence-corrected chi connectivity index (χ3v) is 16.7. The van der Waals surface area contributed by atoms with E-state index in [9.17, 15) is 19.4 Å². The van der Waals surface area contributed by atoms with Gasteiger partial charge in [-0.05, 0) is 19.3 Å². The average molecular weight is 1080 g/mol. The van der Waals surface area contributed by atoms with Crippen LogP contribution in [0.1, 0.15) is 354 Å². The molecule has 0 aromatic carbocycles. The normalized spacial score (nSPS) is 13.7. The fraction of sp³-hybridized carbons (Fsp3) is 0.955. The second-order valence-electron chi connectivity index (χ2n) is 24.6. The van der Waals surface area contributed by atoms with Gasteiger partial charge in [0, 0.05) is 6.42 Å². The number of hydrogen-bond donors (Lipinski definition) is 3. The minimum absolute atomic E-state index is 0.0655. The lowest BCUT2D eigenvalue weighted by Crippen LogP contribution is -2.45. The molecular weight excluding hydrogens is 948 g/mol. The number of nitrogens with zero attached hydrogens (tertiary/aromatic N) is 1. The van der Waals surface area contributed by atoms with E-state index in [0.717, 1.165) is 32.1 Å². The first-order valence-corrected chi connectivity index (χ1v) is 35.1. The Morgan fingerprint density at radius 1 is 0.440 bits per heavy atom. The summed E-state index contributed by atoms with van der Waals surface area (Å²) in [6.45, 7) is 4.89. The molecule has 3 N–H and O–H groups in total. The van der Waals surface area contributed by atoms with Crippen molar-refractivity contribution in [2.75, 3.05) is 40.9 Å². The fourth-order valence-corrected chi connectivity index (χ4v) is 11.3. The molecule has 1 amide bonds. The molecule has 0 spiro atoms. The molecule has 3 atom stereocenters. The summed E-state index contributed by atoms with van der Waals surface area (Å²) in [5.74, 6) is -0.167. The van der Waals surface area contributed by atoms with Crippen LogP contribution in [0.15, 0.2) is 12.2 Å². The minimum Gasteiger partial charge on any atom is -0.387 e. The van der Waals surface area contributed by atoms with Crippen molar-refractivity contribution in [1.82, 2.24) is 5.32 Å². The van der Waals surface area contributed by atoms with Gasteiger partial charge in [0.25, 0.3) is 0 Å². The SMILES string of the molecule is CCCCCCCCCCCCCCCCCCCCCCCCCCCC/C=C/C(O)C(COP(=O)(O)OCC[N+](C)(C)C)NC(=O)CCCCCCCCCCCCCCCCCCCCCCCCCCC. The van der Waals surface area contributed by atoms with E-state index in [1.54, 1.807) is 6.08 Å². The van der Waals surface area contributed by atoms with E-state index in [-0.39, 0.29) is 19.1 Å². The molecule has 75 heavy (non-hydrogen) atoms. The summed E-state index contributed by atoms with van der Waals surface area (Å²) in [5, 5.41) is 14.0. The third kappa shape index (κ3) is 60.7. The number of phosphoric ester groups is 1. The number of rotatable bonds is 63. The van der Waals surface area contributed by atoms with Gasteiger partial charge in [-0.3, -0.25) is 13.8 Å². The number of quaternary nitrogens is 1. The predicted molar refractivity (Wildman–Crippen MR) is 328 cm³/mol. The van der Waals surface area contributed by atoms with Crippen LogP contribution in [0.25, 0.3) is 0 Å². The van der Waals surface area contributed by atoms with Crippen LogP contribution in [0.2, 0.25) is 0 Å². The van der Waals surface area contributed by atoms with Gasteiger partial charge < -0.3 is 19.8 Å². The van der Waals surface area contributed by atoms with Crippen molar-refractivity contribution >= 4 is 13.7 Å². The van der Waals surface area contributed by atoms with Gasteiger partial charge in [0.1, 0.15) is 13.2 Å².